The van der Waals surface area contributed by atoms with Crippen molar-refractivity contribution in [1.82, 2.24) is 15.0 Å². The minimum Gasteiger partial charge on any atom is -0.265 e. The van der Waals surface area contributed by atoms with Gasteiger partial charge in [0.2, 0.25) is 0 Å². The molecule has 0 amide bonds. The summed E-state index contributed by atoms with van der Waals surface area (Å²) in [6.07, 6.45) is 15.5. The number of nitrogens with zero attached hydrogens (tertiary/aromatic N) is 3. The van der Waals surface area contributed by atoms with E-state index in [1.807, 2.05) is 73.6 Å². The first kappa shape index (κ1) is 12.8. The first-order valence-electron chi connectivity index (χ1n) is 6.27. The molecule has 20 heavy (non-hydrogen) atoms. The molecule has 0 radical (unpaired) electrons. The van der Waals surface area contributed by atoms with Crippen molar-refractivity contribution in [3.05, 3.63) is 73.6 Å². The van der Waals surface area contributed by atoms with Crippen LogP contribution >= 0.6 is 6.89 Å². The third kappa shape index (κ3) is 2.17. The van der Waals surface area contributed by atoms with Gasteiger partial charge in [0.15, 0.2) is 0 Å². The second kappa shape index (κ2) is 5.40. The third-order valence-electron chi connectivity index (χ3n) is 3.31. The SMILES string of the molecule is C=P(c1ccncc1)(c1ccncc1)c1ccncc1. The quantitative estimate of drug-likeness (QED) is 0.684. The monoisotopic (exact) mass is 279 g/mol. The van der Waals surface area contributed by atoms with Crippen molar-refractivity contribution in [1.29, 1.82) is 0 Å². The van der Waals surface area contributed by atoms with Crippen LogP contribution in [0.1, 0.15) is 0 Å². The fourth-order valence-electron chi connectivity index (χ4n) is 2.24. The summed E-state index contributed by atoms with van der Waals surface area (Å²) in [4.78, 5) is 12.3. The molecule has 0 N–H and O–H groups in total. The topological polar surface area (TPSA) is 38.7 Å². The van der Waals surface area contributed by atoms with Crippen molar-refractivity contribution < 1.29 is 0 Å². The van der Waals surface area contributed by atoms with Gasteiger partial charge in [-0.3, -0.25) is 15.0 Å². The van der Waals surface area contributed by atoms with E-state index in [4.69, 9.17) is 0 Å². The standard InChI is InChI=1S/C16H14N3P/c1-20(14-2-8-17-9-3-14,15-4-10-18-11-5-15)16-6-12-19-13-7-16/h2-13H,1H2. The fourth-order valence-corrected chi connectivity index (χ4v) is 5.06. The van der Waals surface area contributed by atoms with Gasteiger partial charge in [-0.1, -0.05) is 6.30 Å². The molecule has 3 nitrogen and oxygen atoms in total. The van der Waals surface area contributed by atoms with Crippen LogP contribution in [0, 0.1) is 0 Å². The number of hydrogen-bond acceptors (Lipinski definition) is 3. The Labute approximate surface area is 118 Å². The lowest BCUT2D eigenvalue weighted by Crippen LogP contribution is -2.25. The van der Waals surface area contributed by atoms with Gasteiger partial charge in [0, 0.05) is 37.2 Å². The summed E-state index contributed by atoms with van der Waals surface area (Å²) < 4.78 is 0. The average molecular weight is 279 g/mol. The molecule has 0 aromatic carbocycles. The summed E-state index contributed by atoms with van der Waals surface area (Å²) in [5.41, 5.74) is 0. The van der Waals surface area contributed by atoms with Crippen molar-refractivity contribution in [3.63, 3.8) is 0 Å². The Morgan fingerprint density at radius 2 is 0.800 bits per heavy atom. The smallest absolute Gasteiger partial charge is 0.0274 e. The van der Waals surface area contributed by atoms with E-state index in [2.05, 4.69) is 21.3 Å². The fraction of sp³-hybridized carbons (Fsp3) is 0. The van der Waals surface area contributed by atoms with Crippen LogP contribution in [-0.2, 0) is 0 Å². The van der Waals surface area contributed by atoms with Gasteiger partial charge < -0.3 is 0 Å². The van der Waals surface area contributed by atoms with E-state index in [0.29, 0.717) is 0 Å². The Balaban J connectivity index is 2.27. The Bertz CT molecular complexity index is 624. The average Bonchev–Trinajstić information content (AvgIpc) is 2.56. The lowest BCUT2D eigenvalue weighted by molar-refractivity contribution is 1.34. The summed E-state index contributed by atoms with van der Waals surface area (Å²) in [6, 6.07) is 12.3. The van der Waals surface area contributed by atoms with Crippen LogP contribution in [-0.4, -0.2) is 21.3 Å². The molecular weight excluding hydrogens is 265 g/mol. The molecule has 98 valence electrons. The molecule has 3 rings (SSSR count). The molecule has 0 fully saturated rings. The van der Waals surface area contributed by atoms with E-state index in [1.165, 1.54) is 15.9 Å². The van der Waals surface area contributed by atoms with E-state index < -0.39 is 6.89 Å². The molecule has 0 atom stereocenters. The van der Waals surface area contributed by atoms with Crippen molar-refractivity contribution >= 4 is 29.1 Å². The Hall–Kier alpha value is -2.25. The van der Waals surface area contributed by atoms with E-state index in [9.17, 15) is 0 Å². The molecule has 4 heteroatoms. The zero-order chi connectivity index (χ0) is 13.8. The van der Waals surface area contributed by atoms with E-state index >= 15 is 0 Å². The summed E-state index contributed by atoms with van der Waals surface area (Å²) in [5, 5.41) is 3.60. The second-order valence-corrected chi connectivity index (χ2v) is 7.59. The summed E-state index contributed by atoms with van der Waals surface area (Å²) in [5.74, 6) is 0. The molecule has 3 aromatic heterocycles. The summed E-state index contributed by atoms with van der Waals surface area (Å²) in [6.45, 7) is -1.90. The van der Waals surface area contributed by atoms with Crippen molar-refractivity contribution in [3.8, 4) is 0 Å². The van der Waals surface area contributed by atoms with Gasteiger partial charge >= 0.3 is 0 Å². The van der Waals surface area contributed by atoms with Gasteiger partial charge in [0.1, 0.15) is 0 Å². The molecule has 0 aliphatic carbocycles. The van der Waals surface area contributed by atoms with Gasteiger partial charge in [-0.05, 0) is 59.2 Å². The molecule has 0 unspecified atom stereocenters. The van der Waals surface area contributed by atoms with E-state index in [0.717, 1.165) is 0 Å². The maximum absolute atomic E-state index is 4.61. The summed E-state index contributed by atoms with van der Waals surface area (Å²) in [7, 11) is 0. The molecule has 0 saturated carbocycles. The highest BCUT2D eigenvalue weighted by molar-refractivity contribution is 7.93. The maximum Gasteiger partial charge on any atom is 0.0274 e. The summed E-state index contributed by atoms with van der Waals surface area (Å²) >= 11 is 0. The van der Waals surface area contributed by atoms with Crippen molar-refractivity contribution in [2.24, 2.45) is 0 Å². The third-order valence-corrected chi connectivity index (χ3v) is 6.85. The highest BCUT2D eigenvalue weighted by Gasteiger charge is 2.21. The van der Waals surface area contributed by atoms with Crippen LogP contribution in [0.3, 0.4) is 0 Å². The first-order valence-corrected chi connectivity index (χ1v) is 8.24. The number of pyridine rings is 3. The van der Waals surface area contributed by atoms with E-state index in [-0.39, 0.29) is 0 Å². The van der Waals surface area contributed by atoms with Crippen molar-refractivity contribution in [2.45, 2.75) is 0 Å². The number of rotatable bonds is 3. The molecule has 3 aromatic rings. The van der Waals surface area contributed by atoms with Crippen LogP contribution in [0.25, 0.3) is 0 Å². The molecule has 0 bridgehead atoms. The predicted molar refractivity (Wildman–Crippen MR) is 85.7 cm³/mol. The normalized spacial score (nSPS) is 11.2. The molecule has 3 heterocycles. The number of aromatic nitrogens is 3. The number of hydrogen-bond donors (Lipinski definition) is 0. The van der Waals surface area contributed by atoms with E-state index in [1.54, 1.807) is 0 Å². The van der Waals surface area contributed by atoms with Gasteiger partial charge in [-0.25, -0.2) is 0 Å². The maximum atomic E-state index is 4.61. The van der Waals surface area contributed by atoms with Crippen LogP contribution in [0.4, 0.5) is 0 Å². The van der Waals surface area contributed by atoms with Crippen LogP contribution in [0.5, 0.6) is 0 Å². The highest BCUT2D eigenvalue weighted by atomic mass is 31.2. The zero-order valence-corrected chi connectivity index (χ0v) is 11.8. The second-order valence-electron chi connectivity index (χ2n) is 4.43. The van der Waals surface area contributed by atoms with Gasteiger partial charge in [-0.2, -0.15) is 0 Å². The zero-order valence-electron chi connectivity index (χ0n) is 10.9. The van der Waals surface area contributed by atoms with Gasteiger partial charge in [0.05, 0.1) is 0 Å². The van der Waals surface area contributed by atoms with Crippen LogP contribution in [0.2, 0.25) is 0 Å². The molecule has 0 aliphatic heterocycles. The molecule has 0 aliphatic rings. The Morgan fingerprint density at radius 1 is 0.550 bits per heavy atom. The lowest BCUT2D eigenvalue weighted by Gasteiger charge is -2.25. The minimum atomic E-state index is -1.90. The van der Waals surface area contributed by atoms with Gasteiger partial charge in [0.25, 0.3) is 0 Å². The Kier molecular flexibility index (Phi) is 3.44. The van der Waals surface area contributed by atoms with Gasteiger partial charge in [-0.15, -0.1) is 0 Å². The minimum absolute atomic E-state index is 1.20. The highest BCUT2D eigenvalue weighted by Crippen LogP contribution is 2.40. The van der Waals surface area contributed by atoms with Crippen molar-refractivity contribution in [2.75, 3.05) is 0 Å². The largest absolute Gasteiger partial charge is 0.265 e. The molecular formula is C16H14N3P. The van der Waals surface area contributed by atoms with Crippen LogP contribution < -0.4 is 15.9 Å². The Morgan fingerprint density at radius 3 is 1.05 bits per heavy atom. The van der Waals surface area contributed by atoms with Crippen LogP contribution in [0.15, 0.2) is 73.6 Å². The molecule has 0 saturated heterocycles. The lowest BCUT2D eigenvalue weighted by atomic mass is 10.5. The molecule has 0 spiro atoms. The predicted octanol–water partition coefficient (Wildman–Crippen LogP) is 1.60. The first-order chi connectivity index (χ1) is 9.82.